The Labute approximate surface area is 244 Å². The van der Waals surface area contributed by atoms with Gasteiger partial charge >= 0.3 is 0 Å². The quantitative estimate of drug-likeness (QED) is 0.336. The van der Waals surface area contributed by atoms with Crippen LogP contribution in [0.2, 0.25) is 0 Å². The molecule has 0 saturated carbocycles. The smallest absolute Gasteiger partial charge is 0.264 e. The van der Waals surface area contributed by atoms with Gasteiger partial charge in [0.05, 0.1) is 17.7 Å². The number of aryl methyl sites for hydroxylation is 2. The summed E-state index contributed by atoms with van der Waals surface area (Å²) >= 11 is 0. The molecular formula is C32H41N3O5S. The van der Waals surface area contributed by atoms with Crippen LogP contribution < -0.4 is 14.4 Å². The third-order valence-corrected chi connectivity index (χ3v) is 8.26. The van der Waals surface area contributed by atoms with Gasteiger partial charge in [-0.2, -0.15) is 0 Å². The van der Waals surface area contributed by atoms with Crippen LogP contribution in [0.25, 0.3) is 0 Å². The zero-order valence-corrected chi connectivity index (χ0v) is 25.8. The summed E-state index contributed by atoms with van der Waals surface area (Å²) in [7, 11) is -2.56. The molecule has 0 aliphatic rings. The maximum Gasteiger partial charge on any atom is 0.264 e. The molecule has 0 aromatic heterocycles. The van der Waals surface area contributed by atoms with Crippen molar-refractivity contribution in [1.29, 1.82) is 0 Å². The van der Waals surface area contributed by atoms with Crippen molar-refractivity contribution in [2.75, 3.05) is 18.0 Å². The van der Waals surface area contributed by atoms with E-state index in [-0.39, 0.29) is 17.3 Å². The lowest BCUT2D eigenvalue weighted by molar-refractivity contribution is -0.141. The molecule has 0 fully saturated rings. The second kappa shape index (κ2) is 13.2. The fraction of sp³-hybridized carbons (Fsp3) is 0.375. The van der Waals surface area contributed by atoms with Crippen molar-refractivity contribution in [2.24, 2.45) is 0 Å². The molecule has 41 heavy (non-hydrogen) atoms. The summed E-state index contributed by atoms with van der Waals surface area (Å²) in [6, 6.07) is 19.9. The lowest BCUT2D eigenvalue weighted by atomic mass is 10.1. The molecule has 3 aromatic carbocycles. The van der Waals surface area contributed by atoms with E-state index in [1.54, 1.807) is 49.6 Å². The average molecular weight is 580 g/mol. The summed E-state index contributed by atoms with van der Waals surface area (Å²) in [6.07, 6.45) is 0.340. The van der Waals surface area contributed by atoms with E-state index in [9.17, 15) is 18.0 Å². The minimum atomic E-state index is -4.12. The third kappa shape index (κ3) is 8.33. The Kier molecular flexibility index (Phi) is 10.2. The molecule has 220 valence electrons. The van der Waals surface area contributed by atoms with Gasteiger partial charge in [0.1, 0.15) is 18.3 Å². The maximum absolute atomic E-state index is 14.2. The maximum atomic E-state index is 14.2. The molecule has 0 heterocycles. The van der Waals surface area contributed by atoms with Crippen molar-refractivity contribution >= 4 is 27.5 Å². The van der Waals surface area contributed by atoms with Crippen molar-refractivity contribution in [3.05, 3.63) is 89.5 Å². The fourth-order valence-corrected chi connectivity index (χ4v) is 6.10. The number of hydrogen-bond acceptors (Lipinski definition) is 5. The number of carbonyl (C=O) groups is 2. The number of hydrogen-bond donors (Lipinski definition) is 1. The Bertz CT molecular complexity index is 1450. The number of carbonyl (C=O) groups excluding carboxylic acids is 2. The molecular weight excluding hydrogens is 538 g/mol. The van der Waals surface area contributed by atoms with Crippen LogP contribution in [0.1, 0.15) is 50.8 Å². The second-order valence-electron chi connectivity index (χ2n) is 11.2. The van der Waals surface area contributed by atoms with E-state index in [1.807, 2.05) is 59.7 Å². The number of ether oxygens (including phenoxy) is 1. The van der Waals surface area contributed by atoms with Gasteiger partial charge in [0.2, 0.25) is 11.8 Å². The van der Waals surface area contributed by atoms with Gasteiger partial charge in [0.15, 0.2) is 0 Å². The highest BCUT2D eigenvalue weighted by Crippen LogP contribution is 2.27. The highest BCUT2D eigenvalue weighted by Gasteiger charge is 2.34. The molecule has 1 unspecified atom stereocenters. The summed E-state index contributed by atoms with van der Waals surface area (Å²) in [6.45, 7) is 10.8. The zero-order valence-electron chi connectivity index (χ0n) is 25.0. The van der Waals surface area contributed by atoms with Gasteiger partial charge in [0, 0.05) is 12.1 Å². The summed E-state index contributed by atoms with van der Waals surface area (Å²) in [4.78, 5) is 29.2. The lowest BCUT2D eigenvalue weighted by Crippen LogP contribution is -2.55. The van der Waals surface area contributed by atoms with Gasteiger partial charge in [-0.1, -0.05) is 43.3 Å². The number of methoxy groups -OCH3 is 1. The molecule has 0 aliphatic heterocycles. The Hall–Kier alpha value is -3.85. The minimum absolute atomic E-state index is 0.0730. The van der Waals surface area contributed by atoms with Gasteiger partial charge in [-0.25, -0.2) is 8.42 Å². The molecule has 0 saturated heterocycles. The van der Waals surface area contributed by atoms with Crippen molar-refractivity contribution in [3.63, 3.8) is 0 Å². The van der Waals surface area contributed by atoms with E-state index in [0.717, 1.165) is 21.0 Å². The largest absolute Gasteiger partial charge is 0.497 e. The van der Waals surface area contributed by atoms with Gasteiger partial charge in [-0.05, 0) is 94.1 Å². The second-order valence-corrected chi connectivity index (χ2v) is 13.1. The number of benzene rings is 3. The summed E-state index contributed by atoms with van der Waals surface area (Å²) in [5.74, 6) is -0.187. The molecule has 3 rings (SSSR count). The minimum Gasteiger partial charge on any atom is -0.497 e. The normalized spacial score (nSPS) is 12.4. The third-order valence-electron chi connectivity index (χ3n) is 6.48. The molecule has 0 bridgehead atoms. The van der Waals surface area contributed by atoms with Crippen LogP contribution in [0.3, 0.4) is 0 Å². The number of sulfonamides is 1. The first-order valence-electron chi connectivity index (χ1n) is 13.7. The molecule has 1 atom stereocenters. The van der Waals surface area contributed by atoms with Crippen LogP contribution in [0.4, 0.5) is 5.69 Å². The molecule has 3 aromatic rings. The molecule has 8 nitrogen and oxygen atoms in total. The van der Waals surface area contributed by atoms with Gasteiger partial charge in [-0.15, -0.1) is 0 Å². The van der Waals surface area contributed by atoms with Gasteiger partial charge < -0.3 is 15.0 Å². The van der Waals surface area contributed by atoms with Crippen molar-refractivity contribution in [1.82, 2.24) is 10.2 Å². The van der Waals surface area contributed by atoms with E-state index >= 15 is 0 Å². The molecule has 0 spiro atoms. The Morgan fingerprint density at radius 3 is 2.12 bits per heavy atom. The highest BCUT2D eigenvalue weighted by atomic mass is 32.2. The first-order valence-corrected chi connectivity index (χ1v) is 15.1. The lowest BCUT2D eigenvalue weighted by Gasteiger charge is -2.35. The van der Waals surface area contributed by atoms with E-state index in [0.29, 0.717) is 17.9 Å². The van der Waals surface area contributed by atoms with Crippen LogP contribution in [-0.4, -0.2) is 50.4 Å². The van der Waals surface area contributed by atoms with E-state index < -0.39 is 34.1 Å². The molecule has 2 amide bonds. The van der Waals surface area contributed by atoms with E-state index in [4.69, 9.17) is 4.74 Å². The van der Waals surface area contributed by atoms with Crippen LogP contribution in [0.15, 0.2) is 77.7 Å². The first-order chi connectivity index (χ1) is 19.2. The highest BCUT2D eigenvalue weighted by molar-refractivity contribution is 7.92. The Morgan fingerprint density at radius 1 is 0.927 bits per heavy atom. The average Bonchev–Trinajstić information content (AvgIpc) is 2.90. The van der Waals surface area contributed by atoms with Crippen molar-refractivity contribution in [3.8, 4) is 5.75 Å². The monoisotopic (exact) mass is 579 g/mol. The predicted octanol–water partition coefficient (Wildman–Crippen LogP) is 5.23. The topological polar surface area (TPSA) is 96.0 Å². The van der Waals surface area contributed by atoms with Crippen LogP contribution >= 0.6 is 0 Å². The van der Waals surface area contributed by atoms with Crippen LogP contribution in [-0.2, 0) is 26.2 Å². The number of rotatable bonds is 11. The predicted molar refractivity (Wildman–Crippen MR) is 162 cm³/mol. The van der Waals surface area contributed by atoms with Crippen molar-refractivity contribution < 1.29 is 22.7 Å². The zero-order chi connectivity index (χ0) is 30.4. The molecule has 1 N–H and O–H groups in total. The molecule has 0 radical (unpaired) electrons. The number of amides is 2. The van der Waals surface area contributed by atoms with Crippen molar-refractivity contribution in [2.45, 2.75) is 71.0 Å². The molecule has 9 heteroatoms. The number of nitrogens with one attached hydrogen (secondary N) is 1. The molecule has 0 aliphatic carbocycles. The fourth-order valence-electron chi connectivity index (χ4n) is 4.68. The van der Waals surface area contributed by atoms with Crippen LogP contribution in [0.5, 0.6) is 5.75 Å². The van der Waals surface area contributed by atoms with Gasteiger partial charge in [0.25, 0.3) is 10.0 Å². The summed E-state index contributed by atoms with van der Waals surface area (Å²) < 4.78 is 34.5. The summed E-state index contributed by atoms with van der Waals surface area (Å²) in [5, 5.41) is 2.98. The first kappa shape index (κ1) is 31.7. The standard InChI is InChI=1S/C32H41N3O5S/c1-8-29(31(37)33-32(4,5)6)34(21-25-13-12-14-27(20-25)40-7)30(36)22-35(26-18-23(2)17-24(3)19-26)41(38,39)28-15-10-9-11-16-28/h9-20,29H,8,21-22H2,1-7H3,(H,33,37). The Balaban J connectivity index is 2.10. The van der Waals surface area contributed by atoms with Gasteiger partial charge in [-0.3, -0.25) is 13.9 Å². The number of anilines is 1. The van der Waals surface area contributed by atoms with E-state index in [1.165, 1.54) is 17.0 Å². The summed E-state index contributed by atoms with van der Waals surface area (Å²) in [5.41, 5.74) is 2.35. The van der Waals surface area contributed by atoms with E-state index in [2.05, 4.69) is 5.32 Å². The van der Waals surface area contributed by atoms with Crippen LogP contribution in [0, 0.1) is 13.8 Å². The SMILES string of the molecule is CCC(C(=O)NC(C)(C)C)N(Cc1cccc(OC)c1)C(=O)CN(c1cc(C)cc(C)c1)S(=O)(=O)c1ccccc1. The number of nitrogens with zero attached hydrogens (tertiary/aromatic N) is 2. The Morgan fingerprint density at radius 2 is 1.56 bits per heavy atom.